The van der Waals surface area contributed by atoms with Gasteiger partial charge in [-0.3, -0.25) is 0 Å². The van der Waals surface area contributed by atoms with Crippen molar-refractivity contribution < 1.29 is 0 Å². The molecule has 1 unspecified atom stereocenters. The Kier molecular flexibility index (Phi) is 4.99. The molecule has 2 aromatic rings. The van der Waals surface area contributed by atoms with Crippen LogP contribution in [0.15, 0.2) is 36.4 Å². The Morgan fingerprint density at radius 3 is 2.05 bits per heavy atom. The second-order valence-corrected chi connectivity index (χ2v) is 5.74. The lowest BCUT2D eigenvalue weighted by Crippen LogP contribution is -2.18. The van der Waals surface area contributed by atoms with Crippen LogP contribution >= 0.6 is 46.4 Å². The van der Waals surface area contributed by atoms with Crippen LogP contribution in [0.3, 0.4) is 0 Å². The summed E-state index contributed by atoms with van der Waals surface area (Å²) in [6, 6.07) is 10.6. The highest BCUT2D eigenvalue weighted by molar-refractivity contribution is 6.35. The van der Waals surface area contributed by atoms with Crippen molar-refractivity contribution in [2.45, 2.75) is 6.04 Å². The van der Waals surface area contributed by atoms with E-state index in [1.54, 1.807) is 24.3 Å². The molecule has 0 fully saturated rings. The lowest BCUT2D eigenvalue weighted by molar-refractivity contribution is 0.692. The first-order valence-electron chi connectivity index (χ1n) is 5.60. The molecule has 0 saturated heterocycles. The monoisotopic (exact) mass is 333 g/mol. The van der Waals surface area contributed by atoms with E-state index >= 15 is 0 Å². The zero-order valence-corrected chi connectivity index (χ0v) is 13.1. The number of hydrogen-bond donors (Lipinski definition) is 1. The second kappa shape index (κ2) is 6.34. The van der Waals surface area contributed by atoms with E-state index < -0.39 is 0 Å². The molecule has 0 spiro atoms. The van der Waals surface area contributed by atoms with E-state index in [0.717, 1.165) is 11.1 Å². The largest absolute Gasteiger partial charge is 0.309 e. The Morgan fingerprint density at radius 2 is 1.42 bits per heavy atom. The summed E-state index contributed by atoms with van der Waals surface area (Å²) in [6.07, 6.45) is 0. The molecule has 0 bridgehead atoms. The van der Waals surface area contributed by atoms with E-state index in [-0.39, 0.29) is 6.04 Å². The van der Waals surface area contributed by atoms with E-state index in [1.165, 1.54) is 0 Å². The molecule has 2 aromatic carbocycles. The molecule has 0 saturated carbocycles. The summed E-state index contributed by atoms with van der Waals surface area (Å²) in [5.41, 5.74) is 1.78. The van der Waals surface area contributed by atoms with Gasteiger partial charge in [-0.1, -0.05) is 52.5 Å². The minimum absolute atomic E-state index is 0.143. The normalized spacial score (nSPS) is 12.5. The summed E-state index contributed by atoms with van der Waals surface area (Å²) in [4.78, 5) is 0. The first-order valence-corrected chi connectivity index (χ1v) is 7.11. The van der Waals surface area contributed by atoms with Crippen molar-refractivity contribution in [3.8, 4) is 0 Å². The van der Waals surface area contributed by atoms with Gasteiger partial charge in [-0.25, -0.2) is 0 Å². The van der Waals surface area contributed by atoms with Gasteiger partial charge in [0.1, 0.15) is 0 Å². The van der Waals surface area contributed by atoms with Gasteiger partial charge in [0, 0.05) is 20.1 Å². The van der Waals surface area contributed by atoms with Crippen LogP contribution in [0.1, 0.15) is 17.2 Å². The molecule has 5 heteroatoms. The Hall–Kier alpha value is -0.440. The molecule has 0 aromatic heterocycles. The summed E-state index contributed by atoms with van der Waals surface area (Å²) in [7, 11) is 1.84. The Bertz CT molecular complexity index is 598. The summed E-state index contributed by atoms with van der Waals surface area (Å²) < 4.78 is 0. The van der Waals surface area contributed by atoms with E-state index in [0.29, 0.717) is 20.1 Å². The van der Waals surface area contributed by atoms with Crippen molar-refractivity contribution in [2.75, 3.05) is 7.05 Å². The maximum absolute atomic E-state index is 6.24. The van der Waals surface area contributed by atoms with Crippen LogP contribution in [-0.2, 0) is 0 Å². The van der Waals surface area contributed by atoms with Crippen molar-refractivity contribution in [2.24, 2.45) is 0 Å². The van der Waals surface area contributed by atoms with Crippen molar-refractivity contribution in [3.63, 3.8) is 0 Å². The Labute approximate surface area is 132 Å². The molecule has 2 rings (SSSR count). The molecule has 19 heavy (non-hydrogen) atoms. The molecule has 0 aliphatic carbocycles. The van der Waals surface area contributed by atoms with Gasteiger partial charge in [-0.15, -0.1) is 0 Å². The number of hydrogen-bond acceptors (Lipinski definition) is 1. The molecule has 100 valence electrons. The maximum Gasteiger partial charge on any atom is 0.0604 e. The van der Waals surface area contributed by atoms with Gasteiger partial charge >= 0.3 is 0 Å². The second-order valence-electron chi connectivity index (χ2n) is 4.05. The van der Waals surface area contributed by atoms with Crippen LogP contribution in [-0.4, -0.2) is 7.05 Å². The van der Waals surface area contributed by atoms with Crippen molar-refractivity contribution >= 4 is 46.4 Å². The standard InChI is InChI=1S/C14H11Cl4N/c1-19-14(10-4-2-9(16)7-13(10)18)11-6-8(15)3-5-12(11)17/h2-7,14,19H,1H3. The average molecular weight is 335 g/mol. The van der Waals surface area contributed by atoms with Crippen molar-refractivity contribution in [3.05, 3.63) is 67.6 Å². The maximum atomic E-state index is 6.24. The van der Waals surface area contributed by atoms with Crippen LogP contribution in [0.25, 0.3) is 0 Å². The molecule has 1 N–H and O–H groups in total. The Morgan fingerprint density at radius 1 is 0.789 bits per heavy atom. The Balaban J connectivity index is 2.52. The topological polar surface area (TPSA) is 12.0 Å². The van der Waals surface area contributed by atoms with E-state index in [9.17, 15) is 0 Å². The quantitative estimate of drug-likeness (QED) is 0.769. The fourth-order valence-corrected chi connectivity index (χ4v) is 2.87. The summed E-state index contributed by atoms with van der Waals surface area (Å²) in [5.74, 6) is 0. The van der Waals surface area contributed by atoms with Gasteiger partial charge in [-0.05, 0) is 48.5 Å². The number of nitrogens with one attached hydrogen (secondary N) is 1. The third kappa shape index (κ3) is 3.36. The summed E-state index contributed by atoms with van der Waals surface area (Å²) >= 11 is 24.4. The van der Waals surface area contributed by atoms with Crippen LogP contribution in [0, 0.1) is 0 Å². The molecule has 0 amide bonds. The van der Waals surface area contributed by atoms with Gasteiger partial charge in [-0.2, -0.15) is 0 Å². The molecule has 0 aliphatic rings. The molecule has 1 nitrogen and oxygen atoms in total. The summed E-state index contributed by atoms with van der Waals surface area (Å²) in [6.45, 7) is 0. The van der Waals surface area contributed by atoms with Gasteiger partial charge in [0.05, 0.1) is 6.04 Å². The third-order valence-corrected chi connectivity index (χ3v) is 3.97. The summed E-state index contributed by atoms with van der Waals surface area (Å²) in [5, 5.41) is 5.64. The zero-order chi connectivity index (χ0) is 14.0. The SMILES string of the molecule is CNC(c1ccc(Cl)cc1Cl)c1cc(Cl)ccc1Cl. The van der Waals surface area contributed by atoms with Crippen molar-refractivity contribution in [1.82, 2.24) is 5.32 Å². The van der Waals surface area contributed by atoms with Crippen LogP contribution in [0.4, 0.5) is 0 Å². The fourth-order valence-electron chi connectivity index (χ4n) is 1.95. The highest BCUT2D eigenvalue weighted by atomic mass is 35.5. The van der Waals surface area contributed by atoms with E-state index in [2.05, 4.69) is 5.32 Å². The van der Waals surface area contributed by atoms with Gasteiger partial charge < -0.3 is 5.32 Å². The van der Waals surface area contributed by atoms with Crippen LogP contribution in [0.5, 0.6) is 0 Å². The zero-order valence-electron chi connectivity index (χ0n) is 10.1. The highest BCUT2D eigenvalue weighted by Crippen LogP contribution is 2.34. The minimum atomic E-state index is -0.143. The lowest BCUT2D eigenvalue weighted by Gasteiger charge is -2.20. The first kappa shape index (κ1) is 15.0. The predicted molar refractivity (Wildman–Crippen MR) is 83.8 cm³/mol. The van der Waals surface area contributed by atoms with E-state index in [1.807, 2.05) is 19.2 Å². The number of benzene rings is 2. The third-order valence-electron chi connectivity index (χ3n) is 2.83. The fraction of sp³-hybridized carbons (Fsp3) is 0.143. The van der Waals surface area contributed by atoms with Gasteiger partial charge in [0.2, 0.25) is 0 Å². The molecule has 0 heterocycles. The number of halogens is 4. The first-order chi connectivity index (χ1) is 9.02. The molecular formula is C14H11Cl4N. The smallest absolute Gasteiger partial charge is 0.0604 e. The lowest BCUT2D eigenvalue weighted by atomic mass is 9.99. The van der Waals surface area contributed by atoms with Gasteiger partial charge in [0.25, 0.3) is 0 Å². The van der Waals surface area contributed by atoms with Gasteiger partial charge in [0.15, 0.2) is 0 Å². The van der Waals surface area contributed by atoms with E-state index in [4.69, 9.17) is 46.4 Å². The molecule has 1 atom stereocenters. The minimum Gasteiger partial charge on any atom is -0.309 e. The average Bonchev–Trinajstić information content (AvgIpc) is 2.36. The molecule has 0 aliphatic heterocycles. The number of rotatable bonds is 3. The van der Waals surface area contributed by atoms with Crippen molar-refractivity contribution in [1.29, 1.82) is 0 Å². The molecular weight excluding hydrogens is 324 g/mol. The molecule has 0 radical (unpaired) electrons. The predicted octanol–water partition coefficient (Wildman–Crippen LogP) is 5.61. The highest BCUT2D eigenvalue weighted by Gasteiger charge is 2.18. The van der Waals surface area contributed by atoms with Crippen LogP contribution in [0.2, 0.25) is 20.1 Å². The van der Waals surface area contributed by atoms with Crippen LogP contribution < -0.4 is 5.32 Å².